The number of aromatic amines is 1. The first-order valence-electron chi connectivity index (χ1n) is 4.56. The molecule has 0 fully saturated rings. The molecule has 0 aliphatic carbocycles. The summed E-state index contributed by atoms with van der Waals surface area (Å²) in [7, 11) is 0. The Bertz CT molecular complexity index is 531. The number of hydrogen-bond acceptors (Lipinski definition) is 1. The van der Waals surface area contributed by atoms with E-state index in [9.17, 15) is 4.79 Å². The van der Waals surface area contributed by atoms with Crippen LogP contribution in [0.15, 0.2) is 22.7 Å². The third-order valence-corrected chi connectivity index (χ3v) is 2.90. The van der Waals surface area contributed by atoms with Gasteiger partial charge in [-0.25, -0.2) is 0 Å². The van der Waals surface area contributed by atoms with Gasteiger partial charge in [0.25, 0.3) is 0 Å². The van der Waals surface area contributed by atoms with Crippen molar-refractivity contribution in [2.24, 2.45) is 0 Å². The minimum atomic E-state index is -0.807. The van der Waals surface area contributed by atoms with Crippen LogP contribution in [-0.2, 0) is 11.2 Å². The average molecular weight is 268 g/mol. The fourth-order valence-electron chi connectivity index (χ4n) is 1.73. The average Bonchev–Trinajstić information content (AvgIpc) is 2.43. The van der Waals surface area contributed by atoms with Crippen molar-refractivity contribution in [1.82, 2.24) is 4.98 Å². The molecule has 78 valence electrons. The van der Waals surface area contributed by atoms with E-state index in [2.05, 4.69) is 20.9 Å². The number of rotatable bonds is 2. The topological polar surface area (TPSA) is 53.1 Å². The quantitative estimate of drug-likeness (QED) is 0.879. The van der Waals surface area contributed by atoms with Crippen molar-refractivity contribution in [3.63, 3.8) is 0 Å². The Morgan fingerprint density at radius 3 is 2.93 bits per heavy atom. The molecule has 1 heterocycles. The largest absolute Gasteiger partial charge is 0.481 e. The number of aliphatic carboxylic acids is 1. The lowest BCUT2D eigenvalue weighted by atomic mass is 10.1. The highest BCUT2D eigenvalue weighted by atomic mass is 79.9. The van der Waals surface area contributed by atoms with Crippen molar-refractivity contribution in [3.05, 3.63) is 33.9 Å². The molecule has 0 saturated carbocycles. The summed E-state index contributed by atoms with van der Waals surface area (Å²) in [4.78, 5) is 13.9. The summed E-state index contributed by atoms with van der Waals surface area (Å²) in [5.74, 6) is -0.807. The summed E-state index contributed by atoms with van der Waals surface area (Å²) >= 11 is 3.38. The van der Waals surface area contributed by atoms with Gasteiger partial charge in [-0.05, 0) is 30.7 Å². The molecule has 2 rings (SSSR count). The van der Waals surface area contributed by atoms with E-state index < -0.39 is 5.97 Å². The third-order valence-electron chi connectivity index (χ3n) is 2.41. The number of benzene rings is 1. The Kier molecular flexibility index (Phi) is 2.52. The fraction of sp³-hybridized carbons (Fsp3) is 0.182. The second-order valence-electron chi connectivity index (χ2n) is 3.49. The van der Waals surface area contributed by atoms with E-state index in [-0.39, 0.29) is 6.42 Å². The molecule has 2 aromatic rings. The zero-order chi connectivity index (χ0) is 11.0. The number of carboxylic acid groups (broad SMARTS) is 1. The van der Waals surface area contributed by atoms with Gasteiger partial charge in [-0.3, -0.25) is 4.79 Å². The number of H-pyrrole nitrogens is 1. The number of carboxylic acids is 1. The molecule has 0 unspecified atom stereocenters. The molecule has 0 saturated heterocycles. The van der Waals surface area contributed by atoms with Crippen molar-refractivity contribution < 1.29 is 9.90 Å². The van der Waals surface area contributed by atoms with Gasteiger partial charge in [0.15, 0.2) is 0 Å². The maximum Gasteiger partial charge on any atom is 0.307 e. The molecular weight excluding hydrogens is 258 g/mol. The van der Waals surface area contributed by atoms with Crippen LogP contribution in [0.3, 0.4) is 0 Å². The molecule has 1 aromatic heterocycles. The second-order valence-corrected chi connectivity index (χ2v) is 4.40. The van der Waals surface area contributed by atoms with Crippen molar-refractivity contribution in [2.45, 2.75) is 13.3 Å². The zero-order valence-corrected chi connectivity index (χ0v) is 9.76. The molecular formula is C11H10BrNO2. The predicted molar refractivity (Wildman–Crippen MR) is 62.1 cm³/mol. The van der Waals surface area contributed by atoms with E-state index in [1.54, 1.807) is 0 Å². The Morgan fingerprint density at radius 2 is 2.27 bits per heavy atom. The molecule has 15 heavy (non-hydrogen) atoms. The van der Waals surface area contributed by atoms with E-state index >= 15 is 0 Å². The van der Waals surface area contributed by atoms with Crippen LogP contribution in [0, 0.1) is 6.92 Å². The van der Waals surface area contributed by atoms with E-state index in [1.807, 2.05) is 25.1 Å². The SMILES string of the molecule is Cc1[nH]c2ccc(Br)cc2c1CC(=O)O. The number of aryl methyl sites for hydroxylation is 1. The van der Waals surface area contributed by atoms with E-state index in [0.717, 1.165) is 26.6 Å². The minimum absolute atomic E-state index is 0.0578. The Morgan fingerprint density at radius 1 is 1.53 bits per heavy atom. The van der Waals surface area contributed by atoms with Crippen LogP contribution >= 0.6 is 15.9 Å². The standard InChI is InChI=1S/C11H10BrNO2/c1-6-8(5-11(14)15)9-4-7(12)2-3-10(9)13-6/h2-4,13H,5H2,1H3,(H,14,15). The molecule has 3 nitrogen and oxygen atoms in total. The number of aromatic nitrogens is 1. The van der Waals surface area contributed by atoms with Gasteiger partial charge in [-0.15, -0.1) is 0 Å². The van der Waals surface area contributed by atoms with Crippen molar-refractivity contribution in [1.29, 1.82) is 0 Å². The summed E-state index contributed by atoms with van der Waals surface area (Å²) < 4.78 is 0.959. The lowest BCUT2D eigenvalue weighted by Crippen LogP contribution is -2.00. The van der Waals surface area contributed by atoms with Gasteiger partial charge in [0, 0.05) is 21.1 Å². The Hall–Kier alpha value is -1.29. The predicted octanol–water partition coefficient (Wildman–Crippen LogP) is 2.87. The highest BCUT2D eigenvalue weighted by molar-refractivity contribution is 9.10. The summed E-state index contributed by atoms with van der Waals surface area (Å²) in [5.41, 5.74) is 2.76. The number of carbonyl (C=O) groups is 1. The molecule has 0 radical (unpaired) electrons. The number of nitrogens with one attached hydrogen (secondary N) is 1. The lowest BCUT2D eigenvalue weighted by molar-refractivity contribution is -0.136. The molecule has 0 spiro atoms. The summed E-state index contributed by atoms with van der Waals surface area (Å²) in [6.45, 7) is 1.90. The first kappa shape index (κ1) is 10.2. The van der Waals surface area contributed by atoms with Gasteiger partial charge in [0.1, 0.15) is 0 Å². The van der Waals surface area contributed by atoms with Crippen LogP contribution in [0.25, 0.3) is 10.9 Å². The maximum absolute atomic E-state index is 10.7. The molecule has 4 heteroatoms. The molecule has 1 aromatic carbocycles. The normalized spacial score (nSPS) is 10.8. The highest BCUT2D eigenvalue weighted by Crippen LogP contribution is 2.25. The summed E-state index contributed by atoms with van der Waals surface area (Å²) in [6.07, 6.45) is 0.0578. The first-order valence-corrected chi connectivity index (χ1v) is 5.35. The highest BCUT2D eigenvalue weighted by Gasteiger charge is 2.11. The molecule has 0 amide bonds. The monoisotopic (exact) mass is 267 g/mol. The van der Waals surface area contributed by atoms with E-state index in [1.165, 1.54) is 0 Å². The van der Waals surface area contributed by atoms with Crippen LogP contribution in [0.4, 0.5) is 0 Å². The second kappa shape index (κ2) is 3.70. The number of fused-ring (bicyclic) bond motifs is 1. The van der Waals surface area contributed by atoms with Crippen LogP contribution < -0.4 is 0 Å². The van der Waals surface area contributed by atoms with Gasteiger partial charge >= 0.3 is 5.97 Å². The van der Waals surface area contributed by atoms with Crippen molar-refractivity contribution in [3.8, 4) is 0 Å². The summed E-state index contributed by atoms with van der Waals surface area (Å²) in [6, 6.07) is 5.82. The van der Waals surface area contributed by atoms with Crippen LogP contribution in [0.2, 0.25) is 0 Å². The first-order chi connectivity index (χ1) is 7.08. The molecule has 0 aliphatic rings. The molecule has 2 N–H and O–H groups in total. The number of halogens is 1. The van der Waals surface area contributed by atoms with Crippen molar-refractivity contribution >= 4 is 32.8 Å². The molecule has 0 atom stereocenters. The van der Waals surface area contributed by atoms with Gasteiger partial charge in [-0.1, -0.05) is 15.9 Å². The molecule has 0 bridgehead atoms. The minimum Gasteiger partial charge on any atom is -0.481 e. The van der Waals surface area contributed by atoms with Gasteiger partial charge in [-0.2, -0.15) is 0 Å². The van der Waals surface area contributed by atoms with Gasteiger partial charge in [0.2, 0.25) is 0 Å². The van der Waals surface area contributed by atoms with E-state index in [0.29, 0.717) is 0 Å². The number of hydrogen-bond donors (Lipinski definition) is 2. The zero-order valence-electron chi connectivity index (χ0n) is 8.17. The fourth-order valence-corrected chi connectivity index (χ4v) is 2.09. The van der Waals surface area contributed by atoms with Crippen LogP contribution in [0.1, 0.15) is 11.3 Å². The lowest BCUT2D eigenvalue weighted by Gasteiger charge is -1.97. The Labute approximate surface area is 95.2 Å². The van der Waals surface area contributed by atoms with Crippen LogP contribution in [0.5, 0.6) is 0 Å². The smallest absolute Gasteiger partial charge is 0.307 e. The third kappa shape index (κ3) is 1.90. The van der Waals surface area contributed by atoms with E-state index in [4.69, 9.17) is 5.11 Å². The Balaban J connectivity index is 2.65. The van der Waals surface area contributed by atoms with Crippen LogP contribution in [-0.4, -0.2) is 16.1 Å². The van der Waals surface area contributed by atoms with Crippen molar-refractivity contribution in [2.75, 3.05) is 0 Å². The van der Waals surface area contributed by atoms with Gasteiger partial charge < -0.3 is 10.1 Å². The van der Waals surface area contributed by atoms with Gasteiger partial charge in [0.05, 0.1) is 6.42 Å². The maximum atomic E-state index is 10.7. The summed E-state index contributed by atoms with van der Waals surface area (Å²) in [5, 5.41) is 9.79. The molecule has 0 aliphatic heterocycles.